The number of rotatable bonds is 8. The van der Waals surface area contributed by atoms with Crippen molar-refractivity contribution in [3.8, 4) is 11.5 Å². The lowest BCUT2D eigenvalue weighted by Crippen LogP contribution is -2.33. The molecule has 1 N–H and O–H groups in total. The molecule has 1 fully saturated rings. The molecule has 5 rings (SSSR count). The molecule has 9 heteroatoms. The summed E-state index contributed by atoms with van der Waals surface area (Å²) in [6.45, 7) is 6.64. The first-order valence-corrected chi connectivity index (χ1v) is 11.5. The summed E-state index contributed by atoms with van der Waals surface area (Å²) in [7, 11) is 3.23. The number of imidazole rings is 1. The highest BCUT2D eigenvalue weighted by molar-refractivity contribution is 5.89. The lowest BCUT2D eigenvalue weighted by Gasteiger charge is -2.26. The number of ether oxygens (including phenoxy) is 3. The van der Waals surface area contributed by atoms with Gasteiger partial charge in [-0.2, -0.15) is 0 Å². The minimum Gasteiger partial charge on any atom is -0.497 e. The number of nitrogens with one attached hydrogen (secondary N) is 1. The molecule has 0 spiro atoms. The topological polar surface area (TPSA) is 91.9 Å². The van der Waals surface area contributed by atoms with Gasteiger partial charge in [-0.05, 0) is 37.1 Å². The van der Waals surface area contributed by atoms with Gasteiger partial charge in [-0.3, -0.25) is 4.57 Å². The number of nitrogens with zero attached hydrogens (tertiary/aromatic N) is 4. The average Bonchev–Trinajstić information content (AvgIpc) is 3.16. The lowest BCUT2D eigenvalue weighted by molar-refractivity contribution is -0.0248. The van der Waals surface area contributed by atoms with E-state index in [0.29, 0.717) is 35.1 Å². The van der Waals surface area contributed by atoms with Crippen molar-refractivity contribution >= 4 is 22.4 Å². The molecule has 1 aliphatic heterocycles. The first-order chi connectivity index (χ1) is 16.5. The van der Waals surface area contributed by atoms with Gasteiger partial charge < -0.3 is 19.5 Å². The Labute approximate surface area is 197 Å². The minimum absolute atomic E-state index is 0.152. The van der Waals surface area contributed by atoms with Crippen molar-refractivity contribution in [1.82, 2.24) is 18.9 Å². The Morgan fingerprint density at radius 2 is 1.88 bits per heavy atom. The summed E-state index contributed by atoms with van der Waals surface area (Å²) >= 11 is 0. The van der Waals surface area contributed by atoms with E-state index in [4.69, 9.17) is 24.2 Å². The number of benzene rings is 1. The molecule has 9 nitrogen and oxygen atoms in total. The fraction of sp³-hybridized carbons (Fsp3) is 0.400. The van der Waals surface area contributed by atoms with E-state index >= 15 is 0 Å². The van der Waals surface area contributed by atoms with Gasteiger partial charge in [-0.1, -0.05) is 6.92 Å². The van der Waals surface area contributed by atoms with Gasteiger partial charge in [0.05, 0.1) is 57.1 Å². The Kier molecular flexibility index (Phi) is 5.87. The molecular weight excluding hydrogens is 434 g/mol. The first-order valence-electron chi connectivity index (χ1n) is 11.5. The Bertz CT molecular complexity index is 1400. The first kappa shape index (κ1) is 22.2. The van der Waals surface area contributed by atoms with Gasteiger partial charge in [0.2, 0.25) is 0 Å². The molecule has 4 aromatic rings. The van der Waals surface area contributed by atoms with Crippen LogP contribution in [0.2, 0.25) is 0 Å². The van der Waals surface area contributed by atoms with Gasteiger partial charge in [0, 0.05) is 24.2 Å². The monoisotopic (exact) mass is 463 g/mol. The Hall–Kier alpha value is -3.59. The summed E-state index contributed by atoms with van der Waals surface area (Å²) in [6, 6.07) is 7.62. The van der Waals surface area contributed by atoms with Crippen molar-refractivity contribution in [3.05, 3.63) is 57.9 Å². The Balaban J connectivity index is 1.68. The Morgan fingerprint density at radius 3 is 2.50 bits per heavy atom. The smallest absolute Gasteiger partial charge is 0.335 e. The van der Waals surface area contributed by atoms with Crippen molar-refractivity contribution in [2.24, 2.45) is 5.92 Å². The zero-order valence-electron chi connectivity index (χ0n) is 19.9. The van der Waals surface area contributed by atoms with Crippen LogP contribution in [-0.4, -0.2) is 52.9 Å². The molecule has 1 aromatic carbocycles. The number of fused-ring (bicyclic) bond motifs is 3. The van der Waals surface area contributed by atoms with Gasteiger partial charge in [0.1, 0.15) is 17.0 Å². The summed E-state index contributed by atoms with van der Waals surface area (Å²) in [4.78, 5) is 23.3. The predicted molar refractivity (Wildman–Crippen MR) is 130 cm³/mol. The largest absolute Gasteiger partial charge is 0.497 e. The third-order valence-corrected chi connectivity index (χ3v) is 6.39. The van der Waals surface area contributed by atoms with E-state index in [9.17, 15) is 4.79 Å². The molecule has 3 aromatic heterocycles. The van der Waals surface area contributed by atoms with Gasteiger partial charge in [-0.15, -0.1) is 0 Å². The SMILES string of the molecule is CCc1nc2c3ncc(NCC4COC4)cc3n(Cc3cc(OC)cc(OC)c3)c(=O)n2c1C. The molecule has 0 atom stereocenters. The van der Waals surface area contributed by atoms with Gasteiger partial charge >= 0.3 is 5.69 Å². The summed E-state index contributed by atoms with van der Waals surface area (Å²) < 4.78 is 19.6. The van der Waals surface area contributed by atoms with Crippen LogP contribution < -0.4 is 20.5 Å². The van der Waals surface area contributed by atoms with Crippen LogP contribution in [-0.2, 0) is 17.7 Å². The van der Waals surface area contributed by atoms with Crippen LogP contribution >= 0.6 is 0 Å². The van der Waals surface area contributed by atoms with E-state index in [-0.39, 0.29) is 5.69 Å². The second kappa shape index (κ2) is 8.98. The third kappa shape index (κ3) is 3.86. The molecule has 0 radical (unpaired) electrons. The molecule has 34 heavy (non-hydrogen) atoms. The molecule has 0 bridgehead atoms. The quantitative estimate of drug-likeness (QED) is 0.429. The maximum atomic E-state index is 13.8. The molecule has 0 amide bonds. The number of aromatic nitrogens is 4. The highest BCUT2D eigenvalue weighted by Crippen LogP contribution is 2.26. The fourth-order valence-corrected chi connectivity index (χ4v) is 4.38. The van der Waals surface area contributed by atoms with Crippen LogP contribution in [0.15, 0.2) is 35.3 Å². The molecular formula is C25H29N5O4. The fourth-order valence-electron chi connectivity index (χ4n) is 4.38. The second-order valence-corrected chi connectivity index (χ2v) is 8.62. The molecule has 1 aliphatic rings. The number of pyridine rings is 1. The predicted octanol–water partition coefficient (Wildman–Crippen LogP) is 3.04. The van der Waals surface area contributed by atoms with E-state index in [2.05, 4.69) is 5.32 Å². The summed E-state index contributed by atoms with van der Waals surface area (Å²) in [5.41, 5.74) is 5.34. The van der Waals surface area contributed by atoms with E-state index in [1.807, 2.05) is 38.1 Å². The van der Waals surface area contributed by atoms with Crippen molar-refractivity contribution in [2.45, 2.75) is 26.8 Å². The number of anilines is 1. The summed E-state index contributed by atoms with van der Waals surface area (Å²) in [6.07, 6.45) is 2.55. The van der Waals surface area contributed by atoms with Crippen LogP contribution in [0, 0.1) is 12.8 Å². The highest BCUT2D eigenvalue weighted by Gasteiger charge is 2.20. The third-order valence-electron chi connectivity index (χ3n) is 6.39. The van der Waals surface area contributed by atoms with E-state index < -0.39 is 0 Å². The van der Waals surface area contributed by atoms with E-state index in [1.54, 1.807) is 29.4 Å². The second-order valence-electron chi connectivity index (χ2n) is 8.62. The van der Waals surface area contributed by atoms with Crippen LogP contribution in [0.4, 0.5) is 5.69 Å². The average molecular weight is 464 g/mol. The standard InChI is InChI=1S/C25H29N5O4/c1-5-21-15(2)30-24(28-21)23-22(8-18(11-27-23)26-10-17-13-34-14-17)29(25(30)31)12-16-6-19(32-3)9-20(7-16)33-4/h6-9,11,17,26H,5,10,12-14H2,1-4H3. The van der Waals surface area contributed by atoms with E-state index in [1.165, 1.54) is 0 Å². The van der Waals surface area contributed by atoms with Crippen LogP contribution in [0.25, 0.3) is 16.7 Å². The summed E-state index contributed by atoms with van der Waals surface area (Å²) in [5, 5.41) is 3.44. The normalized spacial score (nSPS) is 13.9. The summed E-state index contributed by atoms with van der Waals surface area (Å²) in [5.74, 6) is 1.83. The van der Waals surface area contributed by atoms with Crippen LogP contribution in [0.1, 0.15) is 23.9 Å². The molecule has 0 aliphatic carbocycles. The maximum Gasteiger partial charge on any atom is 0.335 e. The van der Waals surface area contributed by atoms with E-state index in [0.717, 1.165) is 54.3 Å². The number of hydrogen-bond acceptors (Lipinski definition) is 7. The van der Waals surface area contributed by atoms with Gasteiger partial charge in [-0.25, -0.2) is 19.2 Å². The zero-order chi connectivity index (χ0) is 23.8. The minimum atomic E-state index is -0.152. The molecule has 1 saturated heterocycles. The zero-order valence-corrected chi connectivity index (χ0v) is 19.9. The molecule has 4 heterocycles. The van der Waals surface area contributed by atoms with Crippen LogP contribution in [0.5, 0.6) is 11.5 Å². The van der Waals surface area contributed by atoms with Crippen molar-refractivity contribution in [2.75, 3.05) is 39.3 Å². The number of aryl methyl sites for hydroxylation is 2. The highest BCUT2D eigenvalue weighted by atomic mass is 16.5. The van der Waals surface area contributed by atoms with Gasteiger partial charge in [0.15, 0.2) is 5.65 Å². The molecule has 178 valence electrons. The van der Waals surface area contributed by atoms with Crippen molar-refractivity contribution in [3.63, 3.8) is 0 Å². The maximum absolute atomic E-state index is 13.8. The van der Waals surface area contributed by atoms with Crippen molar-refractivity contribution < 1.29 is 14.2 Å². The number of methoxy groups -OCH3 is 2. The molecule has 0 unspecified atom stereocenters. The van der Waals surface area contributed by atoms with Crippen LogP contribution in [0.3, 0.4) is 0 Å². The van der Waals surface area contributed by atoms with Crippen molar-refractivity contribution in [1.29, 1.82) is 0 Å². The lowest BCUT2D eigenvalue weighted by atomic mass is 10.1. The van der Waals surface area contributed by atoms with Gasteiger partial charge in [0.25, 0.3) is 0 Å². The Morgan fingerprint density at radius 1 is 1.15 bits per heavy atom. The number of hydrogen-bond donors (Lipinski definition) is 1. The molecule has 0 saturated carbocycles.